The van der Waals surface area contributed by atoms with Crippen LogP contribution < -0.4 is 14.8 Å². The van der Waals surface area contributed by atoms with Crippen molar-refractivity contribution in [3.63, 3.8) is 0 Å². The Kier molecular flexibility index (Phi) is 7.50. The van der Waals surface area contributed by atoms with E-state index in [-0.39, 0.29) is 5.56 Å². The summed E-state index contributed by atoms with van der Waals surface area (Å²) < 4.78 is 9.62. The highest BCUT2D eigenvalue weighted by atomic mass is 32.1. The van der Waals surface area contributed by atoms with Gasteiger partial charge in [-0.2, -0.15) is 14.6 Å². The maximum Gasteiger partial charge on any atom is 0.291 e. The zero-order chi connectivity index (χ0) is 27.3. The SMILES string of the molecule is CCCCCCOc1ccc(-c2nc3sc(=Cc4cn(-c5ccccc5)nc4-c4ccccc4)c(=O)n3n2)cc1. The van der Waals surface area contributed by atoms with Crippen molar-refractivity contribution >= 4 is 22.4 Å². The van der Waals surface area contributed by atoms with E-state index in [0.29, 0.717) is 21.9 Å². The van der Waals surface area contributed by atoms with Gasteiger partial charge in [0.25, 0.3) is 5.56 Å². The van der Waals surface area contributed by atoms with Gasteiger partial charge in [0.1, 0.15) is 5.75 Å². The fourth-order valence-corrected chi connectivity index (χ4v) is 5.44. The minimum Gasteiger partial charge on any atom is -0.494 e. The average molecular weight is 548 g/mol. The highest BCUT2D eigenvalue weighted by Gasteiger charge is 2.15. The number of hydrogen-bond acceptors (Lipinski definition) is 6. The second-order valence-corrected chi connectivity index (χ2v) is 10.6. The van der Waals surface area contributed by atoms with Gasteiger partial charge in [-0.3, -0.25) is 4.79 Å². The summed E-state index contributed by atoms with van der Waals surface area (Å²) in [6.45, 7) is 2.92. The summed E-state index contributed by atoms with van der Waals surface area (Å²) in [6.07, 6.45) is 8.51. The third-order valence-corrected chi connectivity index (χ3v) is 7.62. The zero-order valence-corrected chi connectivity index (χ0v) is 23.1. The molecule has 6 rings (SSSR count). The van der Waals surface area contributed by atoms with Gasteiger partial charge in [0.15, 0.2) is 5.82 Å². The molecule has 0 radical (unpaired) electrons. The molecule has 0 fully saturated rings. The van der Waals surface area contributed by atoms with E-state index in [9.17, 15) is 4.79 Å². The summed E-state index contributed by atoms with van der Waals surface area (Å²) >= 11 is 1.32. The number of thiazole rings is 1. The van der Waals surface area contributed by atoms with Crippen molar-refractivity contribution in [1.82, 2.24) is 24.4 Å². The predicted molar refractivity (Wildman–Crippen MR) is 160 cm³/mol. The van der Waals surface area contributed by atoms with E-state index < -0.39 is 0 Å². The van der Waals surface area contributed by atoms with Crippen molar-refractivity contribution in [2.75, 3.05) is 6.61 Å². The number of ether oxygens (including phenoxy) is 1. The molecule has 200 valence electrons. The summed E-state index contributed by atoms with van der Waals surface area (Å²) in [6, 6.07) is 27.6. The van der Waals surface area contributed by atoms with Crippen molar-refractivity contribution < 1.29 is 4.74 Å². The summed E-state index contributed by atoms with van der Waals surface area (Å²) in [5.74, 6) is 1.35. The lowest BCUT2D eigenvalue weighted by molar-refractivity contribution is 0.305. The third-order valence-electron chi connectivity index (χ3n) is 6.66. The van der Waals surface area contributed by atoms with Crippen LogP contribution in [-0.4, -0.2) is 31.0 Å². The first-order valence-electron chi connectivity index (χ1n) is 13.5. The van der Waals surface area contributed by atoms with Crippen LogP contribution in [0, 0.1) is 0 Å². The van der Waals surface area contributed by atoms with Crippen LogP contribution in [0.25, 0.3) is 39.4 Å². The second kappa shape index (κ2) is 11.7. The summed E-state index contributed by atoms with van der Waals surface area (Å²) in [7, 11) is 0. The molecule has 40 heavy (non-hydrogen) atoms. The minimum atomic E-state index is -0.197. The monoisotopic (exact) mass is 547 g/mol. The zero-order valence-electron chi connectivity index (χ0n) is 22.2. The molecule has 0 aliphatic rings. The maximum atomic E-state index is 13.3. The van der Waals surface area contributed by atoms with E-state index >= 15 is 0 Å². The molecule has 0 saturated carbocycles. The lowest BCUT2D eigenvalue weighted by Crippen LogP contribution is -2.23. The van der Waals surface area contributed by atoms with E-state index in [1.54, 1.807) is 0 Å². The molecule has 0 aliphatic heterocycles. The fraction of sp³-hybridized carbons (Fsp3) is 0.188. The van der Waals surface area contributed by atoms with Gasteiger partial charge in [0, 0.05) is 22.9 Å². The van der Waals surface area contributed by atoms with E-state index in [0.717, 1.165) is 40.2 Å². The fourth-order valence-electron chi connectivity index (χ4n) is 4.54. The molecular formula is C32H29N5O2S. The van der Waals surface area contributed by atoms with Gasteiger partial charge in [0.2, 0.25) is 4.96 Å². The number of hydrogen-bond donors (Lipinski definition) is 0. The van der Waals surface area contributed by atoms with Gasteiger partial charge in [-0.25, -0.2) is 4.68 Å². The molecule has 0 atom stereocenters. The highest BCUT2D eigenvalue weighted by Crippen LogP contribution is 2.25. The number of unbranched alkanes of at least 4 members (excludes halogenated alkanes) is 3. The summed E-state index contributed by atoms with van der Waals surface area (Å²) in [5.41, 5.74) is 4.22. The number of fused-ring (bicyclic) bond motifs is 1. The molecule has 3 aromatic heterocycles. The predicted octanol–water partition coefficient (Wildman–Crippen LogP) is 6.18. The molecule has 0 bridgehead atoms. The first-order chi connectivity index (χ1) is 19.7. The van der Waals surface area contributed by atoms with Crippen LogP contribution in [0.2, 0.25) is 0 Å². The van der Waals surface area contributed by atoms with E-state index in [1.165, 1.54) is 35.1 Å². The largest absolute Gasteiger partial charge is 0.494 e. The molecule has 0 unspecified atom stereocenters. The molecule has 8 heteroatoms. The Labute approximate surface area is 236 Å². The van der Waals surface area contributed by atoms with Crippen LogP contribution in [0.5, 0.6) is 5.75 Å². The van der Waals surface area contributed by atoms with Crippen LogP contribution in [0.15, 0.2) is 95.9 Å². The van der Waals surface area contributed by atoms with Gasteiger partial charge in [0.05, 0.1) is 22.5 Å². The number of para-hydroxylation sites is 1. The van der Waals surface area contributed by atoms with Crippen molar-refractivity contribution in [2.45, 2.75) is 32.6 Å². The normalized spacial score (nSPS) is 11.9. The van der Waals surface area contributed by atoms with Gasteiger partial charge >= 0.3 is 0 Å². The molecule has 7 nitrogen and oxygen atoms in total. The number of benzene rings is 3. The first-order valence-corrected chi connectivity index (χ1v) is 14.4. The quantitative estimate of drug-likeness (QED) is 0.192. The highest BCUT2D eigenvalue weighted by molar-refractivity contribution is 7.15. The van der Waals surface area contributed by atoms with E-state index in [2.05, 4.69) is 17.0 Å². The summed E-state index contributed by atoms with van der Waals surface area (Å²) in [5, 5.41) is 9.38. The molecule has 0 amide bonds. The topological polar surface area (TPSA) is 74.3 Å². The number of aromatic nitrogens is 5. The molecule has 0 saturated heterocycles. The Balaban J connectivity index is 1.29. The van der Waals surface area contributed by atoms with Crippen molar-refractivity contribution in [2.24, 2.45) is 0 Å². The van der Waals surface area contributed by atoms with Crippen molar-refractivity contribution in [3.8, 4) is 34.1 Å². The van der Waals surface area contributed by atoms with Crippen LogP contribution >= 0.6 is 11.3 Å². The second-order valence-electron chi connectivity index (χ2n) is 9.56. The molecule has 3 aromatic carbocycles. The van der Waals surface area contributed by atoms with Crippen molar-refractivity contribution in [3.05, 3.63) is 112 Å². The standard InChI is InChI=1S/C32H29N5O2S/c1-2-3-4-11-20-39-27-18-16-24(17-19-27)30-33-32-37(35-30)31(38)28(40-32)21-25-22-36(26-14-9-6-10-15-26)34-29(25)23-12-7-5-8-13-23/h5-10,12-19,21-22H,2-4,11,20H2,1H3. The molecular weight excluding hydrogens is 518 g/mol. The van der Waals surface area contributed by atoms with Crippen LogP contribution in [0.3, 0.4) is 0 Å². The van der Waals surface area contributed by atoms with Crippen molar-refractivity contribution in [1.29, 1.82) is 0 Å². The van der Waals surface area contributed by atoms with Gasteiger partial charge in [-0.05, 0) is 48.9 Å². The van der Waals surface area contributed by atoms with E-state index in [1.807, 2.05) is 102 Å². The Morgan fingerprint density at radius 1 is 0.850 bits per heavy atom. The average Bonchev–Trinajstić information content (AvgIpc) is 3.69. The van der Waals surface area contributed by atoms with Crippen LogP contribution in [0.1, 0.15) is 38.2 Å². The molecule has 0 spiro atoms. The molecule has 6 aromatic rings. The molecule has 0 aliphatic carbocycles. The van der Waals surface area contributed by atoms with Crippen LogP contribution in [0.4, 0.5) is 0 Å². The Morgan fingerprint density at radius 3 is 2.33 bits per heavy atom. The molecule has 3 heterocycles. The molecule has 0 N–H and O–H groups in total. The van der Waals surface area contributed by atoms with Gasteiger partial charge in [-0.1, -0.05) is 86.1 Å². The van der Waals surface area contributed by atoms with E-state index in [4.69, 9.17) is 9.84 Å². The Hall–Kier alpha value is -4.56. The van der Waals surface area contributed by atoms with Crippen LogP contribution in [-0.2, 0) is 0 Å². The lowest BCUT2D eigenvalue weighted by Gasteiger charge is -2.06. The Morgan fingerprint density at radius 2 is 1.60 bits per heavy atom. The minimum absolute atomic E-state index is 0.197. The Bertz CT molecular complexity index is 1820. The number of nitrogens with zero attached hydrogens (tertiary/aromatic N) is 5. The number of rotatable bonds is 10. The third kappa shape index (κ3) is 5.44. The van der Waals surface area contributed by atoms with Gasteiger partial charge < -0.3 is 4.74 Å². The lowest BCUT2D eigenvalue weighted by atomic mass is 10.1. The smallest absolute Gasteiger partial charge is 0.291 e. The summed E-state index contributed by atoms with van der Waals surface area (Å²) in [4.78, 5) is 18.6. The maximum absolute atomic E-state index is 13.3. The first kappa shape index (κ1) is 25.7. The van der Waals surface area contributed by atoms with Gasteiger partial charge in [-0.15, -0.1) is 5.10 Å².